The number of hydrogen-bond acceptors (Lipinski definition) is 4. The summed E-state index contributed by atoms with van der Waals surface area (Å²) in [6, 6.07) is 3.29. The predicted octanol–water partition coefficient (Wildman–Crippen LogP) is 0.966. The van der Waals surface area contributed by atoms with Gasteiger partial charge in [0, 0.05) is 17.7 Å². The molecular formula is C13H17FN2O3. The van der Waals surface area contributed by atoms with Crippen molar-refractivity contribution >= 4 is 11.9 Å². The first kappa shape index (κ1) is 15.1. The number of ether oxygens (including phenoxy) is 1. The van der Waals surface area contributed by atoms with Crippen molar-refractivity contribution in [1.82, 2.24) is 5.32 Å². The number of nitrogens with two attached hydrogens (primary N) is 1. The summed E-state index contributed by atoms with van der Waals surface area (Å²) in [7, 11) is 0. The molecule has 1 unspecified atom stereocenters. The minimum Gasteiger partial charge on any atom is -0.465 e. The smallest absolute Gasteiger partial charge is 0.322 e. The zero-order chi connectivity index (χ0) is 14.4. The molecule has 3 N–H and O–H groups in total. The first-order valence-electron chi connectivity index (χ1n) is 5.94. The van der Waals surface area contributed by atoms with E-state index < -0.39 is 23.7 Å². The number of rotatable bonds is 6. The van der Waals surface area contributed by atoms with E-state index in [4.69, 9.17) is 10.5 Å². The maximum absolute atomic E-state index is 13.5. The van der Waals surface area contributed by atoms with E-state index in [0.29, 0.717) is 0 Å². The predicted molar refractivity (Wildman–Crippen MR) is 67.9 cm³/mol. The molecule has 1 aromatic carbocycles. The molecular weight excluding hydrogens is 251 g/mol. The van der Waals surface area contributed by atoms with Crippen LogP contribution in [0.4, 0.5) is 4.39 Å². The Bertz CT molecular complexity index is 477. The Morgan fingerprint density at radius 2 is 2.16 bits per heavy atom. The van der Waals surface area contributed by atoms with Gasteiger partial charge < -0.3 is 15.8 Å². The van der Waals surface area contributed by atoms with Crippen molar-refractivity contribution in [3.8, 4) is 0 Å². The Morgan fingerprint density at radius 3 is 2.74 bits per heavy atom. The molecule has 104 valence electrons. The Morgan fingerprint density at radius 1 is 1.47 bits per heavy atom. The van der Waals surface area contributed by atoms with Crippen LogP contribution in [0.5, 0.6) is 0 Å². The summed E-state index contributed by atoms with van der Waals surface area (Å²) in [6.45, 7) is 3.72. The number of nitrogens with one attached hydrogen (secondary N) is 1. The molecule has 0 aromatic heterocycles. The second-order valence-corrected chi connectivity index (χ2v) is 4.03. The van der Waals surface area contributed by atoms with Gasteiger partial charge in [0.05, 0.1) is 6.61 Å². The first-order valence-corrected chi connectivity index (χ1v) is 5.94. The highest BCUT2D eigenvalue weighted by molar-refractivity contribution is 5.92. The van der Waals surface area contributed by atoms with Gasteiger partial charge in [-0.1, -0.05) is 0 Å². The Hall–Kier alpha value is -1.95. The zero-order valence-corrected chi connectivity index (χ0v) is 10.9. The monoisotopic (exact) mass is 268 g/mol. The fourth-order valence-electron chi connectivity index (χ4n) is 1.48. The summed E-state index contributed by atoms with van der Waals surface area (Å²) in [6.07, 6.45) is 0. The van der Waals surface area contributed by atoms with Crippen molar-refractivity contribution in [2.45, 2.75) is 26.4 Å². The van der Waals surface area contributed by atoms with Crippen molar-refractivity contribution in [3.05, 3.63) is 35.1 Å². The average Bonchev–Trinajstić information content (AvgIpc) is 2.37. The molecule has 0 aliphatic rings. The summed E-state index contributed by atoms with van der Waals surface area (Å²) < 4.78 is 18.3. The molecule has 0 aliphatic heterocycles. The van der Waals surface area contributed by atoms with Crippen LogP contribution in [0.25, 0.3) is 0 Å². The molecule has 0 saturated heterocycles. The van der Waals surface area contributed by atoms with Crippen LogP contribution in [0.15, 0.2) is 18.2 Å². The van der Waals surface area contributed by atoms with E-state index in [-0.39, 0.29) is 24.3 Å². The third kappa shape index (κ3) is 4.33. The fraction of sp³-hybridized carbons (Fsp3) is 0.385. The number of carbonyl (C=O) groups is 2. The Labute approximate surface area is 110 Å². The number of esters is 1. The van der Waals surface area contributed by atoms with E-state index in [9.17, 15) is 14.0 Å². The first-order chi connectivity index (χ1) is 8.95. The molecule has 0 bridgehead atoms. The van der Waals surface area contributed by atoms with Crippen molar-refractivity contribution in [2.24, 2.45) is 5.73 Å². The normalized spacial score (nSPS) is 11.9. The van der Waals surface area contributed by atoms with Gasteiger partial charge in [-0.25, -0.2) is 4.39 Å². The minimum atomic E-state index is -0.625. The number of amides is 1. The number of primary amides is 1. The number of halogens is 1. The van der Waals surface area contributed by atoms with Gasteiger partial charge in [-0.3, -0.25) is 9.59 Å². The zero-order valence-electron chi connectivity index (χ0n) is 10.9. The van der Waals surface area contributed by atoms with Gasteiger partial charge in [0.25, 0.3) is 0 Å². The molecule has 0 fully saturated rings. The van der Waals surface area contributed by atoms with E-state index in [0.717, 1.165) is 0 Å². The molecule has 1 rings (SSSR count). The highest BCUT2D eigenvalue weighted by Crippen LogP contribution is 2.10. The lowest BCUT2D eigenvalue weighted by Crippen LogP contribution is -2.35. The average molecular weight is 268 g/mol. The van der Waals surface area contributed by atoms with Crippen LogP contribution in [-0.2, 0) is 16.1 Å². The highest BCUT2D eigenvalue weighted by atomic mass is 19.1. The van der Waals surface area contributed by atoms with Gasteiger partial charge in [0.15, 0.2) is 0 Å². The van der Waals surface area contributed by atoms with E-state index in [1.165, 1.54) is 18.2 Å². The van der Waals surface area contributed by atoms with Crippen molar-refractivity contribution in [3.63, 3.8) is 0 Å². The lowest BCUT2D eigenvalue weighted by atomic mass is 10.1. The Balaban J connectivity index is 2.69. The van der Waals surface area contributed by atoms with Crippen LogP contribution in [0, 0.1) is 5.82 Å². The van der Waals surface area contributed by atoms with E-state index in [1.807, 2.05) is 0 Å². The lowest BCUT2D eigenvalue weighted by Gasteiger charge is -2.13. The molecule has 0 aliphatic carbocycles. The van der Waals surface area contributed by atoms with Gasteiger partial charge in [-0.2, -0.15) is 0 Å². The van der Waals surface area contributed by atoms with Crippen molar-refractivity contribution in [1.29, 1.82) is 0 Å². The summed E-state index contributed by atoms with van der Waals surface area (Å²) in [4.78, 5) is 22.4. The summed E-state index contributed by atoms with van der Waals surface area (Å²) in [5.41, 5.74) is 5.62. The van der Waals surface area contributed by atoms with Gasteiger partial charge in [-0.15, -0.1) is 0 Å². The molecule has 19 heavy (non-hydrogen) atoms. The van der Waals surface area contributed by atoms with Crippen LogP contribution in [0.2, 0.25) is 0 Å². The topological polar surface area (TPSA) is 81.4 Å². The standard InChI is InChI=1S/C13H17FN2O3/c1-3-19-13(18)8(2)16-7-10-6-9(12(15)17)4-5-11(10)14/h4-6,8,16H,3,7H2,1-2H3,(H2,15,17). The lowest BCUT2D eigenvalue weighted by molar-refractivity contribution is -0.145. The molecule has 0 radical (unpaired) electrons. The highest BCUT2D eigenvalue weighted by Gasteiger charge is 2.14. The van der Waals surface area contributed by atoms with Crippen LogP contribution in [0.3, 0.4) is 0 Å². The maximum Gasteiger partial charge on any atom is 0.322 e. The summed E-state index contributed by atoms with van der Waals surface area (Å²) in [5, 5.41) is 2.82. The van der Waals surface area contributed by atoms with Gasteiger partial charge in [-0.05, 0) is 32.0 Å². The summed E-state index contributed by atoms with van der Waals surface area (Å²) >= 11 is 0. The minimum absolute atomic E-state index is 0.104. The number of hydrogen-bond donors (Lipinski definition) is 2. The van der Waals surface area contributed by atoms with Crippen LogP contribution in [0.1, 0.15) is 29.8 Å². The quantitative estimate of drug-likeness (QED) is 0.753. The third-order valence-electron chi connectivity index (χ3n) is 2.57. The van der Waals surface area contributed by atoms with E-state index in [1.54, 1.807) is 13.8 Å². The van der Waals surface area contributed by atoms with Crippen molar-refractivity contribution in [2.75, 3.05) is 6.61 Å². The van der Waals surface area contributed by atoms with E-state index in [2.05, 4.69) is 5.32 Å². The molecule has 1 atom stereocenters. The Kier molecular flexibility index (Phi) is 5.44. The van der Waals surface area contributed by atoms with Crippen LogP contribution >= 0.6 is 0 Å². The SMILES string of the molecule is CCOC(=O)C(C)NCc1cc(C(N)=O)ccc1F. The van der Waals surface area contributed by atoms with Gasteiger partial charge >= 0.3 is 5.97 Å². The molecule has 0 spiro atoms. The number of benzene rings is 1. The molecule has 0 heterocycles. The van der Waals surface area contributed by atoms with E-state index >= 15 is 0 Å². The van der Waals surface area contributed by atoms with Gasteiger partial charge in [0.1, 0.15) is 11.9 Å². The molecule has 1 amide bonds. The molecule has 6 heteroatoms. The number of carbonyl (C=O) groups excluding carboxylic acids is 2. The third-order valence-corrected chi connectivity index (χ3v) is 2.57. The second-order valence-electron chi connectivity index (χ2n) is 4.03. The second kappa shape index (κ2) is 6.84. The molecule has 1 aromatic rings. The fourth-order valence-corrected chi connectivity index (χ4v) is 1.48. The van der Waals surface area contributed by atoms with Gasteiger partial charge in [0.2, 0.25) is 5.91 Å². The largest absolute Gasteiger partial charge is 0.465 e. The molecule has 0 saturated carbocycles. The summed E-state index contributed by atoms with van der Waals surface area (Å²) in [5.74, 6) is -1.50. The molecule has 5 nitrogen and oxygen atoms in total. The maximum atomic E-state index is 13.5. The van der Waals surface area contributed by atoms with Crippen LogP contribution < -0.4 is 11.1 Å². The van der Waals surface area contributed by atoms with Crippen LogP contribution in [-0.4, -0.2) is 24.5 Å². The van der Waals surface area contributed by atoms with Crippen molar-refractivity contribution < 1.29 is 18.7 Å².